The molecule has 1 aromatic heterocycles. The number of rotatable bonds is 4. The van der Waals surface area contributed by atoms with Gasteiger partial charge in [0.15, 0.2) is 5.16 Å². The average molecular weight is 218 g/mol. The summed E-state index contributed by atoms with van der Waals surface area (Å²) in [4.78, 5) is 0. The average Bonchev–Trinajstić information content (AvgIpc) is 2.53. The first-order valence-electron chi connectivity index (χ1n) is 4.03. The standard InChI is InChI=1S/C8H12ClN3S/c1-7(2)12-6-10-11-8(12)13-5-3-4-9/h3-4,6-7H,5H2,1-2H3/b4-3+. The highest BCUT2D eigenvalue weighted by Gasteiger charge is 2.05. The molecule has 0 amide bonds. The normalized spacial score (nSPS) is 11.7. The minimum absolute atomic E-state index is 0.400. The molecule has 72 valence electrons. The van der Waals surface area contributed by atoms with Crippen molar-refractivity contribution in [1.29, 1.82) is 0 Å². The fraction of sp³-hybridized carbons (Fsp3) is 0.500. The van der Waals surface area contributed by atoms with E-state index in [0.717, 1.165) is 10.9 Å². The second kappa shape index (κ2) is 5.29. The van der Waals surface area contributed by atoms with Crippen LogP contribution < -0.4 is 0 Å². The number of aromatic nitrogens is 3. The van der Waals surface area contributed by atoms with Crippen molar-refractivity contribution >= 4 is 23.4 Å². The van der Waals surface area contributed by atoms with Gasteiger partial charge in [-0.05, 0) is 13.8 Å². The molecule has 0 aromatic carbocycles. The van der Waals surface area contributed by atoms with E-state index in [1.807, 2.05) is 10.6 Å². The summed E-state index contributed by atoms with van der Waals surface area (Å²) in [6.07, 6.45) is 3.63. The van der Waals surface area contributed by atoms with E-state index < -0.39 is 0 Å². The predicted octanol–water partition coefficient (Wildman–Crippen LogP) is 2.70. The third-order valence-corrected chi connectivity index (χ3v) is 2.58. The highest BCUT2D eigenvalue weighted by Crippen LogP contribution is 2.18. The molecule has 0 bridgehead atoms. The van der Waals surface area contributed by atoms with E-state index in [2.05, 4.69) is 24.0 Å². The molecule has 0 saturated carbocycles. The van der Waals surface area contributed by atoms with E-state index in [4.69, 9.17) is 11.6 Å². The zero-order valence-corrected chi connectivity index (χ0v) is 9.22. The Balaban J connectivity index is 2.60. The smallest absolute Gasteiger partial charge is 0.191 e. The van der Waals surface area contributed by atoms with E-state index in [0.29, 0.717) is 6.04 Å². The predicted molar refractivity (Wildman–Crippen MR) is 56.1 cm³/mol. The fourth-order valence-corrected chi connectivity index (χ4v) is 1.90. The molecule has 0 saturated heterocycles. The quantitative estimate of drug-likeness (QED) is 0.727. The van der Waals surface area contributed by atoms with Gasteiger partial charge in [-0.25, -0.2) is 0 Å². The highest BCUT2D eigenvalue weighted by molar-refractivity contribution is 7.99. The molecule has 0 atom stereocenters. The maximum absolute atomic E-state index is 5.41. The van der Waals surface area contributed by atoms with E-state index in [1.165, 1.54) is 5.54 Å². The van der Waals surface area contributed by atoms with Gasteiger partial charge in [-0.1, -0.05) is 29.4 Å². The van der Waals surface area contributed by atoms with Crippen molar-refractivity contribution in [2.45, 2.75) is 25.0 Å². The van der Waals surface area contributed by atoms with Crippen LogP contribution in [-0.4, -0.2) is 20.5 Å². The zero-order valence-electron chi connectivity index (χ0n) is 7.64. The van der Waals surface area contributed by atoms with Crippen LogP contribution in [-0.2, 0) is 0 Å². The van der Waals surface area contributed by atoms with Crippen LogP contribution in [0.4, 0.5) is 0 Å². The highest BCUT2D eigenvalue weighted by atomic mass is 35.5. The van der Waals surface area contributed by atoms with Gasteiger partial charge < -0.3 is 4.57 Å². The van der Waals surface area contributed by atoms with Gasteiger partial charge >= 0.3 is 0 Å². The fourth-order valence-electron chi connectivity index (χ4n) is 0.849. The van der Waals surface area contributed by atoms with Crippen LogP contribution in [0.5, 0.6) is 0 Å². The van der Waals surface area contributed by atoms with Gasteiger partial charge in [0.2, 0.25) is 0 Å². The minimum Gasteiger partial charge on any atom is -0.306 e. The van der Waals surface area contributed by atoms with Crippen molar-refractivity contribution in [2.24, 2.45) is 0 Å². The van der Waals surface area contributed by atoms with Crippen molar-refractivity contribution in [2.75, 3.05) is 5.75 Å². The molecule has 3 nitrogen and oxygen atoms in total. The van der Waals surface area contributed by atoms with Crippen molar-refractivity contribution in [3.05, 3.63) is 17.9 Å². The molecule has 0 fully saturated rings. The lowest BCUT2D eigenvalue weighted by Gasteiger charge is -2.07. The molecule has 0 aliphatic heterocycles. The van der Waals surface area contributed by atoms with Crippen LogP contribution in [0.25, 0.3) is 0 Å². The molecule has 0 aliphatic carbocycles. The number of nitrogens with zero attached hydrogens (tertiary/aromatic N) is 3. The lowest BCUT2D eigenvalue weighted by molar-refractivity contribution is 0.549. The molecule has 5 heteroatoms. The van der Waals surface area contributed by atoms with Crippen molar-refractivity contribution in [3.8, 4) is 0 Å². The summed E-state index contributed by atoms with van der Waals surface area (Å²) in [6, 6.07) is 0.400. The maximum atomic E-state index is 5.41. The van der Waals surface area contributed by atoms with E-state index >= 15 is 0 Å². The maximum Gasteiger partial charge on any atom is 0.191 e. The first-order chi connectivity index (χ1) is 6.25. The third-order valence-electron chi connectivity index (χ3n) is 1.49. The Morgan fingerprint density at radius 1 is 1.69 bits per heavy atom. The van der Waals surface area contributed by atoms with Gasteiger partial charge in [-0.15, -0.1) is 10.2 Å². The summed E-state index contributed by atoms with van der Waals surface area (Å²) < 4.78 is 2.03. The minimum atomic E-state index is 0.400. The molecule has 0 aliphatic rings. The second-order valence-electron chi connectivity index (χ2n) is 2.79. The second-order valence-corrected chi connectivity index (χ2v) is 4.03. The van der Waals surface area contributed by atoms with Gasteiger partial charge in [0.1, 0.15) is 6.33 Å². The Kier molecular flexibility index (Phi) is 4.32. The topological polar surface area (TPSA) is 30.7 Å². The SMILES string of the molecule is CC(C)n1cnnc1SC/C=C/Cl. The number of thioether (sulfide) groups is 1. The molecule has 13 heavy (non-hydrogen) atoms. The van der Waals surface area contributed by atoms with E-state index in [-0.39, 0.29) is 0 Å². The van der Waals surface area contributed by atoms with E-state index in [9.17, 15) is 0 Å². The molecule has 1 rings (SSSR count). The van der Waals surface area contributed by atoms with Crippen molar-refractivity contribution in [1.82, 2.24) is 14.8 Å². The summed E-state index contributed by atoms with van der Waals surface area (Å²) in [5.74, 6) is 0.828. The van der Waals surface area contributed by atoms with Crippen LogP contribution in [0, 0.1) is 0 Å². The van der Waals surface area contributed by atoms with Crippen LogP contribution in [0.15, 0.2) is 23.1 Å². The summed E-state index contributed by atoms with van der Waals surface area (Å²) in [5, 5.41) is 8.80. The lowest BCUT2D eigenvalue weighted by Crippen LogP contribution is -2.00. The first-order valence-corrected chi connectivity index (χ1v) is 5.45. The van der Waals surface area contributed by atoms with Crippen molar-refractivity contribution < 1.29 is 0 Å². The summed E-state index contributed by atoms with van der Waals surface area (Å²) in [7, 11) is 0. The Morgan fingerprint density at radius 2 is 2.46 bits per heavy atom. The Bertz CT molecular complexity index is 283. The number of hydrogen-bond donors (Lipinski definition) is 0. The van der Waals surface area contributed by atoms with Gasteiger partial charge in [0.25, 0.3) is 0 Å². The molecular formula is C8H12ClN3S. The third kappa shape index (κ3) is 3.04. The molecule has 0 radical (unpaired) electrons. The monoisotopic (exact) mass is 217 g/mol. The van der Waals surface area contributed by atoms with Crippen LogP contribution in [0.3, 0.4) is 0 Å². The van der Waals surface area contributed by atoms with Crippen LogP contribution in [0.2, 0.25) is 0 Å². The summed E-state index contributed by atoms with van der Waals surface area (Å²) >= 11 is 7.03. The Labute approximate surface area is 87.2 Å². The molecular weight excluding hydrogens is 206 g/mol. The van der Waals surface area contributed by atoms with Gasteiger partial charge in [0.05, 0.1) is 0 Å². The molecule has 0 spiro atoms. The van der Waals surface area contributed by atoms with E-state index in [1.54, 1.807) is 18.1 Å². The summed E-state index contributed by atoms with van der Waals surface area (Å²) in [6.45, 7) is 4.20. The molecule has 0 N–H and O–H groups in total. The molecule has 1 heterocycles. The van der Waals surface area contributed by atoms with Crippen LogP contribution in [0.1, 0.15) is 19.9 Å². The van der Waals surface area contributed by atoms with Gasteiger partial charge in [-0.2, -0.15) is 0 Å². The van der Waals surface area contributed by atoms with Crippen molar-refractivity contribution in [3.63, 3.8) is 0 Å². The van der Waals surface area contributed by atoms with Gasteiger partial charge in [0, 0.05) is 17.3 Å². The van der Waals surface area contributed by atoms with Crippen LogP contribution >= 0.6 is 23.4 Å². The Hall–Kier alpha value is -0.480. The summed E-state index contributed by atoms with van der Waals surface area (Å²) in [5.41, 5.74) is 1.52. The molecule has 0 unspecified atom stereocenters. The zero-order chi connectivity index (χ0) is 9.68. The number of hydrogen-bond acceptors (Lipinski definition) is 3. The number of halogens is 1. The first kappa shape index (κ1) is 10.6. The van der Waals surface area contributed by atoms with Gasteiger partial charge in [-0.3, -0.25) is 0 Å². The largest absolute Gasteiger partial charge is 0.306 e. The lowest BCUT2D eigenvalue weighted by atomic mass is 10.4. The Morgan fingerprint density at radius 3 is 3.08 bits per heavy atom. The molecule has 1 aromatic rings.